The molecule has 0 aliphatic carbocycles. The number of aromatic carboxylic acids is 1. The lowest BCUT2D eigenvalue weighted by Gasteiger charge is -2.07. The summed E-state index contributed by atoms with van der Waals surface area (Å²) in [5.74, 6) is -3.01. The minimum Gasteiger partial charge on any atom is -0.475 e. The summed E-state index contributed by atoms with van der Waals surface area (Å²) in [6.07, 6.45) is 1.11. The number of benzene rings is 1. The predicted octanol–water partition coefficient (Wildman–Crippen LogP) is 2.96. The second kappa shape index (κ2) is 5.66. The number of hydrogen-bond donors (Lipinski definition) is 1. The maximum atomic E-state index is 13.8. The number of carbonyl (C=O) groups is 1. The van der Waals surface area contributed by atoms with Gasteiger partial charge < -0.3 is 5.11 Å². The lowest BCUT2D eigenvalue weighted by atomic mass is 10.2. The minimum atomic E-state index is -1.30. The lowest BCUT2D eigenvalue weighted by molar-refractivity contribution is 0.0683. The van der Waals surface area contributed by atoms with Crippen molar-refractivity contribution < 1.29 is 18.7 Å². The van der Waals surface area contributed by atoms with Crippen LogP contribution in [0.3, 0.4) is 0 Å². The Morgan fingerprint density at radius 3 is 2.70 bits per heavy atom. The van der Waals surface area contributed by atoms with Crippen LogP contribution in [0.2, 0.25) is 0 Å². The predicted molar refractivity (Wildman–Crippen MR) is 69.9 cm³/mol. The van der Waals surface area contributed by atoms with Gasteiger partial charge in [0.15, 0.2) is 5.82 Å². The van der Waals surface area contributed by atoms with Crippen LogP contribution in [0.15, 0.2) is 16.6 Å². The molecule has 20 heavy (non-hydrogen) atoms. The molecule has 5 nitrogen and oxygen atoms in total. The smallest absolute Gasteiger partial charge is 0.375 e. The number of halogens is 3. The van der Waals surface area contributed by atoms with Gasteiger partial charge in [-0.1, -0.05) is 6.92 Å². The summed E-state index contributed by atoms with van der Waals surface area (Å²) < 4.78 is 28.2. The van der Waals surface area contributed by atoms with Crippen molar-refractivity contribution in [3.63, 3.8) is 0 Å². The van der Waals surface area contributed by atoms with Crippen LogP contribution in [-0.2, 0) is 6.42 Å². The van der Waals surface area contributed by atoms with E-state index in [4.69, 9.17) is 5.11 Å². The van der Waals surface area contributed by atoms with Crippen molar-refractivity contribution in [2.24, 2.45) is 0 Å². The van der Waals surface area contributed by atoms with Crippen molar-refractivity contribution in [1.29, 1.82) is 0 Å². The van der Waals surface area contributed by atoms with Gasteiger partial charge in [-0.05, 0) is 28.4 Å². The molecule has 0 spiro atoms. The van der Waals surface area contributed by atoms with Gasteiger partial charge in [0, 0.05) is 12.5 Å². The SMILES string of the molecule is CCCc1nc(C(=O)O)nn1-c1cc(Br)c(F)cc1F. The van der Waals surface area contributed by atoms with Gasteiger partial charge in [-0.2, -0.15) is 0 Å². The fourth-order valence-corrected chi connectivity index (χ4v) is 2.02. The standard InChI is InChI=1S/C12H10BrF2N3O2/c1-2-3-10-16-11(12(19)20)17-18(10)9-4-6(13)7(14)5-8(9)15/h4-5H,2-3H2,1H3,(H,19,20). The minimum absolute atomic E-state index is 0.0540. The van der Waals surface area contributed by atoms with E-state index < -0.39 is 23.4 Å². The van der Waals surface area contributed by atoms with E-state index in [1.165, 1.54) is 6.07 Å². The number of aryl methyl sites for hydroxylation is 1. The van der Waals surface area contributed by atoms with Crippen LogP contribution in [0.4, 0.5) is 8.78 Å². The van der Waals surface area contributed by atoms with Gasteiger partial charge in [-0.3, -0.25) is 0 Å². The van der Waals surface area contributed by atoms with Gasteiger partial charge in [0.1, 0.15) is 17.3 Å². The molecule has 0 bridgehead atoms. The molecule has 1 heterocycles. The van der Waals surface area contributed by atoms with Gasteiger partial charge in [0.25, 0.3) is 5.82 Å². The number of carboxylic acids is 1. The molecule has 106 valence electrons. The van der Waals surface area contributed by atoms with E-state index in [-0.39, 0.29) is 10.2 Å². The zero-order valence-corrected chi connectivity index (χ0v) is 12.0. The molecule has 0 unspecified atom stereocenters. The summed E-state index contributed by atoms with van der Waals surface area (Å²) in [7, 11) is 0. The Morgan fingerprint density at radius 2 is 2.10 bits per heavy atom. The van der Waals surface area contributed by atoms with E-state index in [1.807, 2.05) is 6.92 Å². The van der Waals surface area contributed by atoms with Gasteiger partial charge >= 0.3 is 5.97 Å². The average molecular weight is 346 g/mol. The molecule has 2 rings (SSSR count). The molecule has 8 heteroatoms. The van der Waals surface area contributed by atoms with E-state index in [2.05, 4.69) is 26.0 Å². The summed E-state index contributed by atoms with van der Waals surface area (Å²) in [5, 5.41) is 12.7. The molecule has 1 aromatic carbocycles. The molecule has 0 saturated carbocycles. The third-order valence-electron chi connectivity index (χ3n) is 2.56. The first-order valence-electron chi connectivity index (χ1n) is 5.78. The van der Waals surface area contributed by atoms with Gasteiger partial charge in [-0.15, -0.1) is 5.10 Å². The molecular weight excluding hydrogens is 336 g/mol. The molecule has 1 N–H and O–H groups in total. The zero-order chi connectivity index (χ0) is 14.9. The monoisotopic (exact) mass is 345 g/mol. The zero-order valence-electron chi connectivity index (χ0n) is 10.4. The third kappa shape index (κ3) is 2.69. The highest BCUT2D eigenvalue weighted by molar-refractivity contribution is 9.10. The quantitative estimate of drug-likeness (QED) is 0.865. The van der Waals surface area contributed by atoms with E-state index in [0.29, 0.717) is 24.7 Å². The molecular formula is C12H10BrF2N3O2. The van der Waals surface area contributed by atoms with Crippen LogP contribution in [0.1, 0.15) is 29.8 Å². The largest absolute Gasteiger partial charge is 0.475 e. The summed E-state index contributed by atoms with van der Waals surface area (Å²) in [6, 6.07) is 1.90. The van der Waals surface area contributed by atoms with Crippen molar-refractivity contribution >= 4 is 21.9 Å². The van der Waals surface area contributed by atoms with Crippen LogP contribution >= 0.6 is 15.9 Å². The molecule has 0 atom stereocenters. The number of aromatic nitrogens is 3. The van der Waals surface area contributed by atoms with E-state index in [1.54, 1.807) is 0 Å². The second-order valence-corrected chi connectivity index (χ2v) is 4.89. The topological polar surface area (TPSA) is 68.0 Å². The Hall–Kier alpha value is -1.83. The van der Waals surface area contributed by atoms with Crippen molar-refractivity contribution in [2.75, 3.05) is 0 Å². The summed E-state index contributed by atoms with van der Waals surface area (Å²) in [6.45, 7) is 1.87. The van der Waals surface area contributed by atoms with Crippen LogP contribution in [0, 0.1) is 11.6 Å². The van der Waals surface area contributed by atoms with Gasteiger partial charge in [0.2, 0.25) is 0 Å². The van der Waals surface area contributed by atoms with E-state index >= 15 is 0 Å². The molecule has 0 aliphatic heterocycles. The van der Waals surface area contributed by atoms with E-state index in [9.17, 15) is 13.6 Å². The Labute approximate surface area is 121 Å². The third-order valence-corrected chi connectivity index (χ3v) is 3.16. The second-order valence-electron chi connectivity index (χ2n) is 4.04. The van der Waals surface area contributed by atoms with Crippen LogP contribution in [-0.4, -0.2) is 25.8 Å². The molecule has 0 fully saturated rings. The highest BCUT2D eigenvalue weighted by atomic mass is 79.9. The molecule has 0 aliphatic rings. The van der Waals surface area contributed by atoms with Crippen molar-refractivity contribution in [3.05, 3.63) is 39.9 Å². The maximum Gasteiger partial charge on any atom is 0.375 e. The molecule has 1 aromatic heterocycles. The van der Waals surface area contributed by atoms with Gasteiger partial charge in [-0.25, -0.2) is 23.2 Å². The lowest BCUT2D eigenvalue weighted by Crippen LogP contribution is -2.06. The normalized spacial score (nSPS) is 10.8. The molecule has 2 aromatic rings. The Balaban J connectivity index is 2.61. The van der Waals surface area contributed by atoms with Crippen molar-refractivity contribution in [3.8, 4) is 5.69 Å². The number of rotatable bonds is 4. The number of carboxylic acid groups (broad SMARTS) is 1. The van der Waals surface area contributed by atoms with Crippen molar-refractivity contribution in [2.45, 2.75) is 19.8 Å². The number of hydrogen-bond acceptors (Lipinski definition) is 3. The highest BCUT2D eigenvalue weighted by Crippen LogP contribution is 2.23. The summed E-state index contributed by atoms with van der Waals surface area (Å²) in [5.41, 5.74) is -0.0540. The van der Waals surface area contributed by atoms with E-state index in [0.717, 1.165) is 4.68 Å². The maximum absolute atomic E-state index is 13.8. The average Bonchev–Trinajstić information content (AvgIpc) is 2.78. The molecule has 0 radical (unpaired) electrons. The van der Waals surface area contributed by atoms with Gasteiger partial charge in [0.05, 0.1) is 4.47 Å². The number of nitrogens with zero attached hydrogens (tertiary/aromatic N) is 3. The fraction of sp³-hybridized carbons (Fsp3) is 0.250. The van der Waals surface area contributed by atoms with Crippen LogP contribution in [0.25, 0.3) is 5.69 Å². The summed E-state index contributed by atoms with van der Waals surface area (Å²) >= 11 is 2.96. The molecule has 0 saturated heterocycles. The van der Waals surface area contributed by atoms with Crippen LogP contribution in [0.5, 0.6) is 0 Å². The molecule has 0 amide bonds. The Morgan fingerprint density at radius 1 is 1.40 bits per heavy atom. The Bertz CT molecular complexity index is 673. The first kappa shape index (κ1) is 14.6. The Kier molecular flexibility index (Phi) is 4.12. The highest BCUT2D eigenvalue weighted by Gasteiger charge is 2.19. The van der Waals surface area contributed by atoms with Crippen LogP contribution < -0.4 is 0 Å². The fourth-order valence-electron chi connectivity index (χ4n) is 1.69. The summed E-state index contributed by atoms with van der Waals surface area (Å²) in [4.78, 5) is 14.8. The van der Waals surface area contributed by atoms with Crippen molar-refractivity contribution in [1.82, 2.24) is 14.8 Å². The first-order chi connectivity index (χ1) is 9.43. The first-order valence-corrected chi connectivity index (χ1v) is 6.57.